The van der Waals surface area contributed by atoms with E-state index in [1.165, 1.54) is 0 Å². The molecular formula is C41H46N2O7S. The van der Waals surface area contributed by atoms with E-state index in [-0.39, 0.29) is 19.1 Å². The maximum absolute atomic E-state index is 14.5. The highest BCUT2D eigenvalue weighted by Crippen LogP contribution is 2.53. The molecule has 0 spiro atoms. The van der Waals surface area contributed by atoms with Gasteiger partial charge < -0.3 is 28.6 Å². The molecule has 0 aliphatic carbocycles. The Morgan fingerprint density at radius 2 is 1.41 bits per heavy atom. The van der Waals surface area contributed by atoms with Crippen LogP contribution in [0.25, 0.3) is 0 Å². The summed E-state index contributed by atoms with van der Waals surface area (Å²) in [5.41, 5.74) is 3.74. The van der Waals surface area contributed by atoms with Crippen molar-refractivity contribution in [2.75, 3.05) is 27.4 Å². The van der Waals surface area contributed by atoms with Gasteiger partial charge in [-0.15, -0.1) is 0 Å². The summed E-state index contributed by atoms with van der Waals surface area (Å²) in [7, 11) is 3.27. The first-order valence-electron chi connectivity index (χ1n) is 17.2. The molecule has 0 radical (unpaired) electrons. The first-order chi connectivity index (χ1) is 24.6. The number of benzene rings is 4. The zero-order valence-electron chi connectivity index (χ0n) is 30.1. The Hall–Kier alpha value is -4.67. The Bertz CT molecular complexity index is 1820. The largest absolute Gasteiger partial charge is 0.496 e. The van der Waals surface area contributed by atoms with Crippen LogP contribution in [0.1, 0.15) is 54.6 Å². The van der Waals surface area contributed by atoms with E-state index in [0.29, 0.717) is 36.9 Å². The van der Waals surface area contributed by atoms with Crippen LogP contribution < -0.4 is 14.2 Å². The number of fused-ring (bicyclic) bond motifs is 2. The molecule has 2 aliphatic rings. The lowest BCUT2D eigenvalue weighted by molar-refractivity contribution is -0.147. The minimum absolute atomic E-state index is 0.152. The van der Waals surface area contributed by atoms with E-state index in [9.17, 15) is 9.59 Å². The number of methoxy groups -OCH3 is 2. The highest BCUT2D eigenvalue weighted by atomic mass is 32.2. The zero-order chi connectivity index (χ0) is 36.1. The lowest BCUT2D eigenvalue weighted by Gasteiger charge is -2.52. The van der Waals surface area contributed by atoms with Gasteiger partial charge in [0.05, 0.1) is 39.5 Å². The molecular weight excluding hydrogens is 665 g/mol. The summed E-state index contributed by atoms with van der Waals surface area (Å²) in [6.45, 7) is 8.12. The number of hydrogen-bond acceptors (Lipinski definition) is 8. The Labute approximate surface area is 304 Å². The first kappa shape index (κ1) is 36.1. The van der Waals surface area contributed by atoms with Gasteiger partial charge in [-0.1, -0.05) is 90.6 Å². The fourth-order valence-corrected chi connectivity index (χ4v) is 8.19. The van der Waals surface area contributed by atoms with Gasteiger partial charge in [0.15, 0.2) is 11.5 Å². The summed E-state index contributed by atoms with van der Waals surface area (Å²) >= 11 is 1.54. The van der Waals surface area contributed by atoms with Crippen molar-refractivity contribution < 1.29 is 33.3 Å². The number of rotatable bonds is 11. The lowest BCUT2D eigenvalue weighted by atomic mass is 9.83. The number of thioether (sulfide) groups is 1. The minimum Gasteiger partial charge on any atom is -0.496 e. The van der Waals surface area contributed by atoms with Gasteiger partial charge in [0.25, 0.3) is 0 Å². The van der Waals surface area contributed by atoms with Crippen molar-refractivity contribution >= 4 is 23.8 Å². The third kappa shape index (κ3) is 7.97. The molecule has 2 amide bonds. The van der Waals surface area contributed by atoms with Crippen LogP contribution in [0.15, 0.2) is 95.9 Å². The molecule has 2 heterocycles. The second-order valence-electron chi connectivity index (χ2n) is 13.7. The smallest absolute Gasteiger partial charge is 0.411 e. The Balaban J connectivity index is 1.50. The first-order valence-corrected chi connectivity index (χ1v) is 18.1. The van der Waals surface area contributed by atoms with E-state index in [2.05, 4.69) is 0 Å². The summed E-state index contributed by atoms with van der Waals surface area (Å²) in [6, 6.07) is 28.8. The van der Waals surface area contributed by atoms with Crippen molar-refractivity contribution in [2.24, 2.45) is 0 Å². The topological polar surface area (TPSA) is 86.8 Å². The molecule has 4 aromatic carbocycles. The van der Waals surface area contributed by atoms with Crippen LogP contribution in [-0.4, -0.2) is 66.2 Å². The van der Waals surface area contributed by atoms with Crippen molar-refractivity contribution in [3.8, 4) is 17.2 Å². The highest BCUT2D eigenvalue weighted by Gasteiger charge is 2.52. The molecule has 2 aliphatic heterocycles. The number of piperazine rings is 1. The van der Waals surface area contributed by atoms with Gasteiger partial charge in [-0.25, -0.2) is 4.79 Å². The Kier molecular flexibility index (Phi) is 11.1. The zero-order valence-corrected chi connectivity index (χ0v) is 30.9. The molecule has 10 heteroatoms. The fraction of sp³-hybridized carbons (Fsp3) is 0.366. The van der Waals surface area contributed by atoms with Gasteiger partial charge in [-0.3, -0.25) is 9.69 Å². The van der Waals surface area contributed by atoms with Crippen LogP contribution >= 0.6 is 11.8 Å². The van der Waals surface area contributed by atoms with E-state index in [4.69, 9.17) is 23.7 Å². The van der Waals surface area contributed by atoms with Crippen molar-refractivity contribution in [2.45, 2.75) is 75.3 Å². The molecule has 268 valence electrons. The number of carbonyl (C=O) groups is 2. The number of nitrogens with zero attached hydrogens (tertiary/aromatic N) is 2. The molecule has 0 N–H and O–H groups in total. The SMILES string of the molecule is COc1c(C)c(OC)c(OCc2ccccc2)c2c1C[C@H]1[C@@H](Sc3ccccc3)N(C(=O)OC(C)(C)C)CC(=O)N1[C@H]2COCc1ccccc1. The van der Waals surface area contributed by atoms with Gasteiger partial charge in [0.1, 0.15) is 29.9 Å². The molecule has 9 nitrogen and oxygen atoms in total. The van der Waals surface area contributed by atoms with Gasteiger partial charge in [0, 0.05) is 21.6 Å². The quantitative estimate of drug-likeness (QED) is 0.155. The third-order valence-corrected chi connectivity index (χ3v) is 10.4. The van der Waals surface area contributed by atoms with E-state index in [1.807, 2.05) is 124 Å². The molecule has 1 fully saturated rings. The minimum atomic E-state index is -0.742. The summed E-state index contributed by atoms with van der Waals surface area (Å²) in [4.78, 5) is 32.8. The predicted molar refractivity (Wildman–Crippen MR) is 197 cm³/mol. The molecule has 0 bridgehead atoms. The molecule has 0 saturated carbocycles. The maximum Gasteiger partial charge on any atom is 0.411 e. The Morgan fingerprint density at radius 3 is 2.00 bits per heavy atom. The van der Waals surface area contributed by atoms with Gasteiger partial charge >= 0.3 is 6.09 Å². The molecule has 0 unspecified atom stereocenters. The average molecular weight is 711 g/mol. The summed E-state index contributed by atoms with van der Waals surface area (Å²) < 4.78 is 31.2. The van der Waals surface area contributed by atoms with Crippen LogP contribution in [-0.2, 0) is 33.9 Å². The van der Waals surface area contributed by atoms with Gasteiger partial charge in [-0.05, 0) is 57.4 Å². The molecule has 3 atom stereocenters. The summed E-state index contributed by atoms with van der Waals surface area (Å²) in [5, 5.41) is -0.481. The lowest BCUT2D eigenvalue weighted by Crippen LogP contribution is -2.65. The average Bonchev–Trinajstić information content (AvgIpc) is 3.12. The summed E-state index contributed by atoms with van der Waals surface area (Å²) in [6.07, 6.45) is -0.133. The molecule has 51 heavy (non-hydrogen) atoms. The van der Waals surface area contributed by atoms with Crippen molar-refractivity contribution in [1.29, 1.82) is 0 Å². The number of carbonyl (C=O) groups excluding carboxylic acids is 2. The Morgan fingerprint density at radius 1 is 0.824 bits per heavy atom. The predicted octanol–water partition coefficient (Wildman–Crippen LogP) is 7.97. The van der Waals surface area contributed by atoms with E-state index < -0.39 is 29.2 Å². The monoisotopic (exact) mass is 710 g/mol. The number of amides is 2. The number of ether oxygens (including phenoxy) is 5. The van der Waals surface area contributed by atoms with Crippen LogP contribution in [0.4, 0.5) is 4.79 Å². The van der Waals surface area contributed by atoms with E-state index in [1.54, 1.807) is 30.9 Å². The van der Waals surface area contributed by atoms with Crippen LogP contribution in [0.3, 0.4) is 0 Å². The standard InChI is InChI=1S/C41H46N2O7S/c1-27-36(46-5)31-22-32-39(51-30-20-14-9-15-21-30)42(40(45)50-41(2,3)4)23-34(44)43(32)33(26-48-24-28-16-10-7-11-17-28)35(31)38(37(27)47-6)49-25-29-18-12-8-13-19-29/h7-21,32-33,39H,22-26H2,1-6H3/t32-,33-,39+/m0/s1. The van der Waals surface area contributed by atoms with E-state index >= 15 is 0 Å². The van der Waals surface area contributed by atoms with Crippen molar-refractivity contribution in [3.05, 3.63) is 119 Å². The second kappa shape index (κ2) is 15.7. The summed E-state index contributed by atoms with van der Waals surface area (Å²) in [5.74, 6) is 1.55. The number of hydrogen-bond donors (Lipinski definition) is 0. The maximum atomic E-state index is 14.5. The molecule has 0 aromatic heterocycles. The fourth-order valence-electron chi connectivity index (χ4n) is 6.93. The second-order valence-corrected chi connectivity index (χ2v) is 14.9. The third-order valence-electron chi connectivity index (χ3n) is 9.05. The van der Waals surface area contributed by atoms with E-state index in [0.717, 1.165) is 32.7 Å². The highest BCUT2D eigenvalue weighted by molar-refractivity contribution is 8.00. The molecule has 1 saturated heterocycles. The molecule has 4 aromatic rings. The normalized spacial score (nSPS) is 18.5. The van der Waals surface area contributed by atoms with Gasteiger partial charge in [-0.2, -0.15) is 0 Å². The molecule has 6 rings (SSSR count). The van der Waals surface area contributed by atoms with Gasteiger partial charge in [0.2, 0.25) is 5.91 Å². The van der Waals surface area contributed by atoms with Crippen molar-refractivity contribution in [1.82, 2.24) is 9.80 Å². The van der Waals surface area contributed by atoms with Crippen LogP contribution in [0.2, 0.25) is 0 Å². The van der Waals surface area contributed by atoms with Crippen molar-refractivity contribution in [3.63, 3.8) is 0 Å². The van der Waals surface area contributed by atoms with Crippen LogP contribution in [0, 0.1) is 6.92 Å². The van der Waals surface area contributed by atoms with Crippen LogP contribution in [0.5, 0.6) is 17.2 Å².